The van der Waals surface area contributed by atoms with Gasteiger partial charge in [-0.3, -0.25) is 0 Å². The first-order chi connectivity index (χ1) is 10.2. The van der Waals surface area contributed by atoms with Gasteiger partial charge in [0, 0.05) is 0 Å². The molecule has 0 nitrogen and oxygen atoms in total. The van der Waals surface area contributed by atoms with Gasteiger partial charge in [0.25, 0.3) is 0 Å². The molecule has 1 aliphatic rings. The molecule has 21 heavy (non-hydrogen) atoms. The Morgan fingerprint density at radius 2 is 1.48 bits per heavy atom. The van der Waals surface area contributed by atoms with Gasteiger partial charge in [0.2, 0.25) is 0 Å². The molecule has 0 bridgehead atoms. The minimum atomic E-state index is -1.26. The molecule has 0 fully saturated rings. The van der Waals surface area contributed by atoms with Gasteiger partial charge in [0.05, 0.1) is 0 Å². The fraction of sp³-hybridized carbons (Fsp3) is 0.684. The van der Waals surface area contributed by atoms with Crippen LogP contribution in [-0.2, 0) is 0 Å². The first-order valence-corrected chi connectivity index (χ1v) is 12.5. The van der Waals surface area contributed by atoms with Gasteiger partial charge in [-0.05, 0) is 0 Å². The summed E-state index contributed by atoms with van der Waals surface area (Å²) in [6, 6.07) is 0. The normalized spacial score (nSPS) is 21.1. The Morgan fingerprint density at radius 1 is 0.952 bits per heavy atom. The molecule has 0 N–H and O–H groups in total. The Hall–Kier alpha value is 0.130. The molecule has 0 aliphatic heterocycles. The van der Waals surface area contributed by atoms with Crippen molar-refractivity contribution >= 4 is 23.2 Å². The van der Waals surface area contributed by atoms with Gasteiger partial charge in [0.15, 0.2) is 0 Å². The summed E-state index contributed by atoms with van der Waals surface area (Å²) in [5.41, 5.74) is 1.52. The summed E-state index contributed by atoms with van der Waals surface area (Å²) in [7, 11) is -1.26. The molecule has 0 amide bonds. The van der Waals surface area contributed by atoms with Gasteiger partial charge in [-0.2, -0.15) is 0 Å². The summed E-state index contributed by atoms with van der Waals surface area (Å²) in [6.45, 7) is 7.01. The number of hydrogen-bond acceptors (Lipinski definition) is 0. The maximum atomic E-state index is 3.83. The Labute approximate surface area is 141 Å². The molecule has 0 aromatic carbocycles. The molecule has 1 unspecified atom stereocenters. The third kappa shape index (κ3) is 6.83. The molecule has 1 atom stereocenters. The quantitative estimate of drug-likeness (QED) is 0.288. The Kier molecular flexibility index (Phi) is 9.85. The summed E-state index contributed by atoms with van der Waals surface area (Å²) >= 11 is 3.83. The zero-order valence-electron chi connectivity index (χ0n) is 14.2. The van der Waals surface area contributed by atoms with E-state index in [4.69, 9.17) is 0 Å². The Morgan fingerprint density at radius 3 is 1.90 bits per heavy atom. The molecule has 1 rings (SSSR count). The molecule has 0 aromatic rings. The molecular weight excluding hydrogens is 339 g/mol. The van der Waals surface area contributed by atoms with Gasteiger partial charge in [-0.25, -0.2) is 0 Å². The van der Waals surface area contributed by atoms with Gasteiger partial charge in [-0.15, -0.1) is 0 Å². The van der Waals surface area contributed by atoms with Crippen molar-refractivity contribution in [3.8, 4) is 0 Å². The zero-order chi connectivity index (χ0) is 15.6. The van der Waals surface area contributed by atoms with Crippen molar-refractivity contribution in [2.24, 2.45) is 0 Å². The standard InChI is InChI=1S/C19H34BrP/c1-4-7-14-21(15-8-5-2,16-9-6-3)17-18-12-10-11-13-19(18)20/h10-13,17,19,21H,4-9,14-16H2,1-3H3. The van der Waals surface area contributed by atoms with Crippen molar-refractivity contribution < 1.29 is 0 Å². The topological polar surface area (TPSA) is 0 Å². The van der Waals surface area contributed by atoms with Crippen LogP contribution in [0.25, 0.3) is 0 Å². The monoisotopic (exact) mass is 372 g/mol. The van der Waals surface area contributed by atoms with Crippen LogP contribution in [-0.4, -0.2) is 23.3 Å². The second-order valence-corrected chi connectivity index (χ2v) is 12.0. The van der Waals surface area contributed by atoms with E-state index in [0.29, 0.717) is 4.83 Å². The molecule has 0 saturated heterocycles. The molecule has 0 heterocycles. The molecule has 0 saturated carbocycles. The van der Waals surface area contributed by atoms with Crippen molar-refractivity contribution in [3.05, 3.63) is 35.7 Å². The first kappa shape index (κ1) is 19.2. The number of unbranched alkanes of at least 4 members (excludes halogenated alkanes) is 3. The van der Waals surface area contributed by atoms with Crippen molar-refractivity contribution in [1.82, 2.24) is 0 Å². The van der Waals surface area contributed by atoms with Crippen LogP contribution in [0.4, 0.5) is 0 Å². The summed E-state index contributed by atoms with van der Waals surface area (Å²) in [5.74, 6) is 2.76. The van der Waals surface area contributed by atoms with E-state index in [1.165, 1.54) is 62.6 Å². The van der Waals surface area contributed by atoms with Crippen molar-refractivity contribution in [1.29, 1.82) is 0 Å². The summed E-state index contributed by atoms with van der Waals surface area (Å²) in [4.78, 5) is 0.430. The first-order valence-electron chi connectivity index (χ1n) is 8.89. The predicted octanol–water partition coefficient (Wildman–Crippen LogP) is 6.91. The summed E-state index contributed by atoms with van der Waals surface area (Å²) in [5, 5.41) is 0. The molecule has 2 heteroatoms. The van der Waals surface area contributed by atoms with Crippen LogP contribution in [0.5, 0.6) is 0 Å². The van der Waals surface area contributed by atoms with Crippen LogP contribution < -0.4 is 0 Å². The predicted molar refractivity (Wildman–Crippen MR) is 107 cm³/mol. The second kappa shape index (κ2) is 10.8. The van der Waals surface area contributed by atoms with E-state index in [1.807, 2.05) is 0 Å². The number of allylic oxidation sites excluding steroid dienone is 5. The van der Waals surface area contributed by atoms with Crippen molar-refractivity contribution in [2.75, 3.05) is 18.5 Å². The molecule has 0 spiro atoms. The third-order valence-electron chi connectivity index (χ3n) is 4.56. The van der Waals surface area contributed by atoms with Crippen molar-refractivity contribution in [2.45, 2.75) is 64.1 Å². The fourth-order valence-electron chi connectivity index (χ4n) is 3.19. The molecule has 122 valence electrons. The van der Waals surface area contributed by atoms with Crippen LogP contribution in [0, 0.1) is 0 Å². The van der Waals surface area contributed by atoms with E-state index in [2.05, 4.69) is 66.8 Å². The number of halogens is 1. The minimum absolute atomic E-state index is 0.430. The Balaban J connectivity index is 2.97. The number of alkyl halides is 1. The van der Waals surface area contributed by atoms with Crippen LogP contribution in [0.15, 0.2) is 35.7 Å². The summed E-state index contributed by atoms with van der Waals surface area (Å²) < 4.78 is 0. The second-order valence-electron chi connectivity index (χ2n) is 6.46. The van der Waals surface area contributed by atoms with Gasteiger partial charge < -0.3 is 0 Å². The SMILES string of the molecule is CCCC[PH](C=C1C=CC=CC1Br)(CCCC)CCCC. The maximum absolute atomic E-state index is 3.83. The number of hydrogen-bond donors (Lipinski definition) is 0. The Bertz CT molecular complexity index is 346. The number of rotatable bonds is 10. The molecule has 1 aliphatic carbocycles. The molecule has 0 aromatic heterocycles. The van der Waals surface area contributed by atoms with E-state index in [-0.39, 0.29) is 0 Å². The van der Waals surface area contributed by atoms with Crippen LogP contribution >= 0.6 is 23.2 Å². The van der Waals surface area contributed by atoms with Gasteiger partial charge >= 0.3 is 141 Å². The van der Waals surface area contributed by atoms with Crippen LogP contribution in [0.1, 0.15) is 59.3 Å². The zero-order valence-corrected chi connectivity index (χ0v) is 16.8. The molecule has 0 radical (unpaired) electrons. The van der Waals surface area contributed by atoms with Gasteiger partial charge in [-0.1, -0.05) is 0 Å². The van der Waals surface area contributed by atoms with Crippen molar-refractivity contribution in [3.63, 3.8) is 0 Å². The van der Waals surface area contributed by atoms with E-state index >= 15 is 0 Å². The van der Waals surface area contributed by atoms with E-state index in [9.17, 15) is 0 Å². The fourth-order valence-corrected chi connectivity index (χ4v) is 9.23. The van der Waals surface area contributed by atoms with Crippen LogP contribution in [0.3, 0.4) is 0 Å². The van der Waals surface area contributed by atoms with E-state index in [0.717, 1.165) is 0 Å². The van der Waals surface area contributed by atoms with Crippen LogP contribution in [0.2, 0.25) is 0 Å². The average molecular weight is 373 g/mol. The van der Waals surface area contributed by atoms with Gasteiger partial charge in [0.1, 0.15) is 0 Å². The van der Waals surface area contributed by atoms with E-state index < -0.39 is 7.26 Å². The molecular formula is C19H34BrP. The van der Waals surface area contributed by atoms with E-state index in [1.54, 1.807) is 0 Å². The average Bonchev–Trinajstić information content (AvgIpc) is 2.51. The third-order valence-corrected chi connectivity index (χ3v) is 10.4. The summed E-state index contributed by atoms with van der Waals surface area (Å²) in [6.07, 6.45) is 21.7.